The minimum Gasteiger partial charge on any atom is -0.446 e. The highest BCUT2D eigenvalue weighted by Crippen LogP contribution is 2.30. The van der Waals surface area contributed by atoms with Gasteiger partial charge in [-0.15, -0.1) is 0 Å². The van der Waals surface area contributed by atoms with E-state index in [1.807, 2.05) is 24.5 Å². The number of imidazole rings is 1. The van der Waals surface area contributed by atoms with Gasteiger partial charge in [-0.25, -0.2) is 19.7 Å². The van der Waals surface area contributed by atoms with E-state index < -0.39 is 12.2 Å². The summed E-state index contributed by atoms with van der Waals surface area (Å²) in [6.07, 6.45) is 5.51. The third-order valence-electron chi connectivity index (χ3n) is 5.85. The van der Waals surface area contributed by atoms with Gasteiger partial charge in [-0.2, -0.15) is 0 Å². The lowest BCUT2D eigenvalue weighted by Crippen LogP contribution is -2.43. The van der Waals surface area contributed by atoms with Gasteiger partial charge < -0.3 is 24.9 Å². The largest absolute Gasteiger partial charge is 0.446 e. The number of aromatic nitrogens is 4. The number of aliphatic hydroxyl groups excluding tert-OH is 1. The number of hydrogen-bond donors (Lipinski definition) is 3. The van der Waals surface area contributed by atoms with Gasteiger partial charge in [0.1, 0.15) is 11.8 Å². The molecule has 0 radical (unpaired) electrons. The van der Waals surface area contributed by atoms with Crippen LogP contribution >= 0.6 is 11.6 Å². The molecule has 0 bridgehead atoms. The molecule has 1 aliphatic rings. The summed E-state index contributed by atoms with van der Waals surface area (Å²) in [7, 11) is 1.51. The predicted octanol–water partition coefficient (Wildman–Crippen LogP) is 3.79. The molecule has 1 aliphatic carbocycles. The van der Waals surface area contributed by atoms with Crippen molar-refractivity contribution in [3.8, 4) is 11.3 Å². The number of nitrogens with one attached hydrogen (secondary N) is 2. The van der Waals surface area contributed by atoms with Crippen LogP contribution in [0.1, 0.15) is 45.7 Å². The van der Waals surface area contributed by atoms with E-state index in [-0.39, 0.29) is 17.6 Å². The number of rotatable bonds is 4. The molecule has 3 atom stereocenters. The van der Waals surface area contributed by atoms with E-state index >= 15 is 0 Å². The highest BCUT2D eigenvalue weighted by Gasteiger charge is 2.31. The quantitative estimate of drug-likeness (QED) is 0.529. The molecule has 3 aromatic rings. The molecule has 3 N–H and O–H groups in total. The van der Waals surface area contributed by atoms with Crippen molar-refractivity contribution in [2.24, 2.45) is 0 Å². The van der Waals surface area contributed by atoms with Crippen LogP contribution in [0.4, 0.5) is 10.7 Å². The Bertz CT molecular complexity index is 1160. The molecule has 33 heavy (non-hydrogen) atoms. The van der Waals surface area contributed by atoms with Crippen LogP contribution in [0.25, 0.3) is 16.9 Å². The van der Waals surface area contributed by atoms with Crippen LogP contribution in [0.15, 0.2) is 30.7 Å². The standard InChI is InChI=1S/C23H29ClN6O3/c1-23(2,3)18-11-26-19-8-5-13(12-30(18)19)20-15(24)10-27-21(29-20)28-16-7-6-14(9-17(16)31)33-22(32)25-4/h5,8,10-12,14,16-17,31H,6-7,9H2,1-4H3,(H,25,32)(H,27,28,29)/t14-,16+,17+/m0/s1. The molecule has 0 unspecified atom stereocenters. The number of ether oxygens (including phenoxy) is 1. The maximum Gasteiger partial charge on any atom is 0.407 e. The lowest BCUT2D eigenvalue weighted by Gasteiger charge is -2.33. The van der Waals surface area contributed by atoms with Crippen molar-refractivity contribution in [1.29, 1.82) is 0 Å². The number of pyridine rings is 1. The first kappa shape index (κ1) is 23.3. The summed E-state index contributed by atoms with van der Waals surface area (Å²) in [6.45, 7) is 6.42. The van der Waals surface area contributed by atoms with E-state index in [0.29, 0.717) is 35.9 Å². The van der Waals surface area contributed by atoms with E-state index in [2.05, 4.69) is 50.8 Å². The van der Waals surface area contributed by atoms with Crippen molar-refractivity contribution in [1.82, 2.24) is 24.7 Å². The van der Waals surface area contributed by atoms with Crippen LogP contribution in [0.2, 0.25) is 5.02 Å². The number of fused-ring (bicyclic) bond motifs is 1. The monoisotopic (exact) mass is 472 g/mol. The zero-order chi connectivity index (χ0) is 23.8. The zero-order valence-corrected chi connectivity index (χ0v) is 19.9. The smallest absolute Gasteiger partial charge is 0.407 e. The van der Waals surface area contributed by atoms with Crippen LogP contribution in [0, 0.1) is 0 Å². The number of carbonyl (C=O) groups excluding carboxylic acids is 1. The molecule has 1 saturated carbocycles. The van der Waals surface area contributed by atoms with Gasteiger partial charge in [0.25, 0.3) is 0 Å². The third-order valence-corrected chi connectivity index (χ3v) is 6.13. The van der Waals surface area contributed by atoms with Gasteiger partial charge in [0.2, 0.25) is 5.95 Å². The van der Waals surface area contributed by atoms with Crippen LogP contribution in [-0.4, -0.2) is 55.8 Å². The number of aliphatic hydroxyl groups is 1. The summed E-state index contributed by atoms with van der Waals surface area (Å²) in [4.78, 5) is 24.9. The van der Waals surface area contributed by atoms with Crippen LogP contribution in [0.3, 0.4) is 0 Å². The summed E-state index contributed by atoms with van der Waals surface area (Å²) in [5, 5.41) is 16.6. The number of anilines is 1. The van der Waals surface area contributed by atoms with E-state index in [4.69, 9.17) is 16.3 Å². The van der Waals surface area contributed by atoms with Gasteiger partial charge >= 0.3 is 6.09 Å². The highest BCUT2D eigenvalue weighted by molar-refractivity contribution is 6.32. The van der Waals surface area contributed by atoms with Gasteiger partial charge in [0, 0.05) is 42.5 Å². The maximum absolute atomic E-state index is 11.4. The molecule has 1 fully saturated rings. The lowest BCUT2D eigenvalue weighted by molar-refractivity contribution is 0.0172. The average molecular weight is 473 g/mol. The van der Waals surface area contributed by atoms with Crippen molar-refractivity contribution in [2.75, 3.05) is 12.4 Å². The van der Waals surface area contributed by atoms with E-state index in [1.54, 1.807) is 6.20 Å². The Hall–Kier alpha value is -2.91. The maximum atomic E-state index is 11.4. The summed E-state index contributed by atoms with van der Waals surface area (Å²) < 4.78 is 7.32. The fourth-order valence-electron chi connectivity index (χ4n) is 4.08. The lowest BCUT2D eigenvalue weighted by atomic mass is 9.90. The summed E-state index contributed by atoms with van der Waals surface area (Å²) in [5.41, 5.74) is 3.30. The van der Waals surface area contributed by atoms with Crippen LogP contribution in [-0.2, 0) is 10.2 Å². The second-order valence-electron chi connectivity index (χ2n) is 9.34. The Labute approximate surface area is 197 Å². The second kappa shape index (κ2) is 9.15. The van der Waals surface area contributed by atoms with E-state index in [1.165, 1.54) is 7.05 Å². The minimum atomic E-state index is -0.701. The second-order valence-corrected chi connectivity index (χ2v) is 9.75. The average Bonchev–Trinajstić information content (AvgIpc) is 3.20. The van der Waals surface area contributed by atoms with Crippen molar-refractivity contribution in [2.45, 2.75) is 63.7 Å². The molecule has 3 heterocycles. The minimum absolute atomic E-state index is 0.0727. The van der Waals surface area contributed by atoms with Crippen molar-refractivity contribution in [3.63, 3.8) is 0 Å². The Kier molecular flexibility index (Phi) is 6.45. The molecule has 0 aliphatic heterocycles. The third kappa shape index (κ3) is 5.04. The van der Waals surface area contributed by atoms with Gasteiger partial charge in [0.05, 0.1) is 29.1 Å². The number of amides is 1. The number of carbonyl (C=O) groups is 1. The Morgan fingerprint density at radius 2 is 2.03 bits per heavy atom. The summed E-state index contributed by atoms with van der Waals surface area (Å²) >= 11 is 6.46. The first-order valence-corrected chi connectivity index (χ1v) is 11.4. The molecule has 1 amide bonds. The predicted molar refractivity (Wildman–Crippen MR) is 127 cm³/mol. The van der Waals surface area contributed by atoms with Crippen molar-refractivity contribution in [3.05, 3.63) is 41.4 Å². The normalized spacial score (nSPS) is 21.1. The fraction of sp³-hybridized carbons (Fsp3) is 0.478. The van der Waals surface area contributed by atoms with Gasteiger partial charge in [-0.3, -0.25) is 0 Å². The number of hydrogen-bond acceptors (Lipinski definition) is 7. The zero-order valence-electron chi connectivity index (χ0n) is 19.2. The van der Waals surface area contributed by atoms with Gasteiger partial charge in [-0.05, 0) is 25.0 Å². The first-order chi connectivity index (χ1) is 15.7. The summed E-state index contributed by atoms with van der Waals surface area (Å²) in [5.74, 6) is 0.380. The van der Waals surface area contributed by atoms with Crippen molar-refractivity contribution < 1.29 is 14.6 Å². The highest BCUT2D eigenvalue weighted by atomic mass is 35.5. The van der Waals surface area contributed by atoms with Crippen molar-refractivity contribution >= 4 is 29.3 Å². The number of nitrogens with zero attached hydrogens (tertiary/aromatic N) is 4. The summed E-state index contributed by atoms with van der Waals surface area (Å²) in [6, 6.07) is 3.61. The first-order valence-electron chi connectivity index (χ1n) is 11.0. The van der Waals surface area contributed by atoms with Gasteiger partial charge in [0.15, 0.2) is 0 Å². The molecule has 4 rings (SSSR count). The molecular formula is C23H29ClN6O3. The van der Waals surface area contributed by atoms with Gasteiger partial charge in [-0.1, -0.05) is 32.4 Å². The molecule has 0 spiro atoms. The fourth-order valence-corrected chi connectivity index (χ4v) is 4.28. The Morgan fingerprint density at radius 1 is 1.24 bits per heavy atom. The van der Waals surface area contributed by atoms with Crippen LogP contribution < -0.4 is 10.6 Å². The topological polar surface area (TPSA) is 114 Å². The number of halogens is 1. The Balaban J connectivity index is 1.55. The molecule has 10 heteroatoms. The molecule has 3 aromatic heterocycles. The molecule has 9 nitrogen and oxygen atoms in total. The molecule has 0 aromatic carbocycles. The molecular weight excluding hydrogens is 444 g/mol. The van der Waals surface area contributed by atoms with E-state index in [9.17, 15) is 9.90 Å². The SMILES string of the molecule is CNC(=O)O[C@H]1CC[C@@H](Nc2ncc(Cl)c(-c3ccc4ncc(C(C)(C)C)n4c3)n2)[C@H](O)C1. The van der Waals surface area contributed by atoms with Crippen LogP contribution in [0.5, 0.6) is 0 Å². The molecule has 176 valence electrons. The number of alkyl carbamates (subject to hydrolysis) is 1. The Morgan fingerprint density at radius 3 is 2.73 bits per heavy atom. The van der Waals surface area contributed by atoms with E-state index in [0.717, 1.165) is 16.9 Å². The molecule has 0 saturated heterocycles.